The summed E-state index contributed by atoms with van der Waals surface area (Å²) in [6.07, 6.45) is -3.15. The number of hydrogen-bond donors (Lipinski definition) is 1. The van der Waals surface area contributed by atoms with Crippen LogP contribution in [-0.4, -0.2) is 44.3 Å². The summed E-state index contributed by atoms with van der Waals surface area (Å²) in [6.45, 7) is 1.53. The van der Waals surface area contributed by atoms with Gasteiger partial charge in [0.25, 0.3) is 5.91 Å². The number of nitrogens with one attached hydrogen (secondary N) is 1. The molecule has 1 aliphatic heterocycles. The van der Waals surface area contributed by atoms with Gasteiger partial charge >= 0.3 is 12.1 Å². The van der Waals surface area contributed by atoms with E-state index in [4.69, 9.17) is 4.74 Å². The predicted octanol–water partition coefficient (Wildman–Crippen LogP) is 3.59. The average Bonchev–Trinajstić information content (AvgIpc) is 3.27. The molecule has 32 heavy (non-hydrogen) atoms. The molecule has 0 radical (unpaired) electrons. The van der Waals surface area contributed by atoms with Gasteiger partial charge in [0.05, 0.1) is 21.7 Å². The highest BCUT2D eigenvalue weighted by Gasteiger charge is 2.33. The van der Waals surface area contributed by atoms with E-state index in [0.717, 1.165) is 25.0 Å². The summed E-state index contributed by atoms with van der Waals surface area (Å²) in [6, 6.07) is 8.44. The molecule has 2 aromatic rings. The van der Waals surface area contributed by atoms with Gasteiger partial charge in [0.15, 0.2) is 6.61 Å². The van der Waals surface area contributed by atoms with Crippen LogP contribution in [0.15, 0.2) is 47.4 Å². The first-order valence-electron chi connectivity index (χ1n) is 9.74. The molecule has 0 atom stereocenters. The molecule has 1 N–H and O–H groups in total. The molecule has 1 amide bonds. The van der Waals surface area contributed by atoms with Crippen molar-refractivity contribution in [2.45, 2.75) is 30.8 Å². The van der Waals surface area contributed by atoms with Crippen LogP contribution >= 0.6 is 0 Å². The van der Waals surface area contributed by atoms with Crippen LogP contribution in [0.4, 0.5) is 18.9 Å². The van der Waals surface area contributed by atoms with Crippen LogP contribution in [0.5, 0.6) is 0 Å². The van der Waals surface area contributed by atoms with Crippen LogP contribution in [0.2, 0.25) is 0 Å². The highest BCUT2D eigenvalue weighted by Crippen LogP contribution is 2.34. The molecule has 0 saturated carbocycles. The second kappa shape index (κ2) is 9.29. The molecule has 0 bridgehead atoms. The molecule has 1 heterocycles. The number of sulfonamides is 1. The quantitative estimate of drug-likeness (QED) is 0.652. The summed E-state index contributed by atoms with van der Waals surface area (Å²) in [4.78, 5) is 24.4. The van der Waals surface area contributed by atoms with Gasteiger partial charge in [0.1, 0.15) is 0 Å². The number of halogens is 3. The number of alkyl halides is 3. The largest absolute Gasteiger partial charge is 0.452 e. The highest BCUT2D eigenvalue weighted by molar-refractivity contribution is 7.89. The second-order valence-corrected chi connectivity index (χ2v) is 9.19. The number of hydrogen-bond acceptors (Lipinski definition) is 5. The van der Waals surface area contributed by atoms with Gasteiger partial charge in [-0.15, -0.1) is 0 Å². The summed E-state index contributed by atoms with van der Waals surface area (Å²) >= 11 is 0. The molecule has 0 aliphatic carbocycles. The maximum atomic E-state index is 13.0. The Labute approximate surface area is 183 Å². The molecule has 0 spiro atoms. The first-order chi connectivity index (χ1) is 15.0. The van der Waals surface area contributed by atoms with E-state index in [0.29, 0.717) is 18.7 Å². The summed E-state index contributed by atoms with van der Waals surface area (Å²) < 4.78 is 70.8. The zero-order valence-electron chi connectivity index (χ0n) is 17.1. The van der Waals surface area contributed by atoms with E-state index in [1.807, 2.05) is 0 Å². The first kappa shape index (κ1) is 23.7. The predicted molar refractivity (Wildman–Crippen MR) is 110 cm³/mol. The monoisotopic (exact) mass is 470 g/mol. The van der Waals surface area contributed by atoms with Gasteiger partial charge in [0, 0.05) is 13.1 Å². The lowest BCUT2D eigenvalue weighted by Crippen LogP contribution is -2.28. The minimum Gasteiger partial charge on any atom is -0.452 e. The van der Waals surface area contributed by atoms with Crippen LogP contribution in [-0.2, 0) is 25.7 Å². The van der Waals surface area contributed by atoms with Crippen LogP contribution in [0.25, 0.3) is 0 Å². The Balaban J connectivity index is 1.70. The summed E-state index contributed by atoms with van der Waals surface area (Å²) in [7, 11) is -3.76. The topological polar surface area (TPSA) is 92.8 Å². The molecule has 1 fully saturated rings. The van der Waals surface area contributed by atoms with Gasteiger partial charge < -0.3 is 10.1 Å². The second-order valence-electron chi connectivity index (χ2n) is 7.26. The molecule has 11 heteroatoms. The zero-order valence-corrected chi connectivity index (χ0v) is 17.9. The lowest BCUT2D eigenvalue weighted by Gasteiger charge is -2.17. The Bertz CT molecular complexity index is 1130. The van der Waals surface area contributed by atoms with Crippen molar-refractivity contribution in [2.75, 3.05) is 25.0 Å². The SMILES string of the molecule is Cc1ccc(S(=O)(=O)N2CCCC2)cc1C(=O)OCC(=O)Nc1ccccc1C(F)(F)F. The average molecular weight is 470 g/mol. The van der Waals surface area contributed by atoms with Crippen molar-refractivity contribution in [1.29, 1.82) is 0 Å². The zero-order chi connectivity index (χ0) is 23.5. The number of para-hydroxylation sites is 1. The number of anilines is 1. The third kappa shape index (κ3) is 5.28. The Morgan fingerprint density at radius 1 is 1.09 bits per heavy atom. The van der Waals surface area contributed by atoms with Crippen molar-refractivity contribution in [1.82, 2.24) is 4.31 Å². The van der Waals surface area contributed by atoms with Gasteiger partial charge in [0.2, 0.25) is 10.0 Å². The van der Waals surface area contributed by atoms with Crippen molar-refractivity contribution in [2.24, 2.45) is 0 Å². The van der Waals surface area contributed by atoms with E-state index in [1.54, 1.807) is 6.92 Å². The number of ether oxygens (including phenoxy) is 1. The number of nitrogens with zero attached hydrogens (tertiary/aromatic N) is 1. The third-order valence-electron chi connectivity index (χ3n) is 4.97. The molecule has 1 saturated heterocycles. The lowest BCUT2D eigenvalue weighted by molar-refractivity contribution is -0.137. The molecule has 3 rings (SSSR count). The number of aryl methyl sites for hydroxylation is 1. The minimum atomic E-state index is -4.67. The van der Waals surface area contributed by atoms with Crippen molar-refractivity contribution in [3.05, 3.63) is 59.2 Å². The fraction of sp³-hybridized carbons (Fsp3) is 0.333. The summed E-state index contributed by atoms with van der Waals surface area (Å²) in [5.74, 6) is -1.92. The fourth-order valence-electron chi connectivity index (χ4n) is 3.29. The molecule has 172 valence electrons. The number of benzene rings is 2. The van der Waals surface area contributed by atoms with Crippen molar-refractivity contribution in [3.63, 3.8) is 0 Å². The maximum absolute atomic E-state index is 13.0. The van der Waals surface area contributed by atoms with Crippen molar-refractivity contribution < 1.29 is 35.9 Å². The third-order valence-corrected chi connectivity index (χ3v) is 6.87. The highest BCUT2D eigenvalue weighted by atomic mass is 32.2. The van der Waals surface area contributed by atoms with Gasteiger partial charge in [-0.3, -0.25) is 4.79 Å². The van der Waals surface area contributed by atoms with Crippen molar-refractivity contribution >= 4 is 27.6 Å². The number of esters is 1. The molecular formula is C21H21F3N2O5S. The van der Waals surface area contributed by atoms with E-state index in [1.165, 1.54) is 34.6 Å². The first-order valence-corrected chi connectivity index (χ1v) is 11.2. The number of carbonyl (C=O) groups excluding carboxylic acids is 2. The fourth-order valence-corrected chi connectivity index (χ4v) is 4.84. The number of carbonyl (C=O) groups is 2. The number of amides is 1. The van der Waals surface area contributed by atoms with Crippen LogP contribution < -0.4 is 5.32 Å². The molecule has 7 nitrogen and oxygen atoms in total. The molecular weight excluding hydrogens is 449 g/mol. The normalized spacial score (nSPS) is 14.9. The van der Waals surface area contributed by atoms with Gasteiger partial charge in [-0.2, -0.15) is 17.5 Å². The van der Waals surface area contributed by atoms with Gasteiger partial charge in [-0.1, -0.05) is 18.2 Å². The van der Waals surface area contributed by atoms with E-state index >= 15 is 0 Å². The summed E-state index contributed by atoms with van der Waals surface area (Å²) in [5.41, 5.74) is -1.11. The van der Waals surface area contributed by atoms with Gasteiger partial charge in [-0.05, 0) is 49.6 Å². The van der Waals surface area contributed by atoms with E-state index < -0.39 is 45.9 Å². The van der Waals surface area contributed by atoms with Crippen LogP contribution in [0.3, 0.4) is 0 Å². The standard InChI is InChI=1S/C21H21F3N2O5S/c1-14-8-9-15(32(29,30)26-10-4-5-11-26)12-16(14)20(28)31-13-19(27)25-18-7-3-2-6-17(18)21(22,23)24/h2-3,6-9,12H,4-5,10-11,13H2,1H3,(H,25,27). The Morgan fingerprint density at radius 3 is 2.41 bits per heavy atom. The van der Waals surface area contributed by atoms with Crippen LogP contribution in [0.1, 0.15) is 34.3 Å². The van der Waals surface area contributed by atoms with Gasteiger partial charge in [-0.25, -0.2) is 13.2 Å². The minimum absolute atomic E-state index is 0.0474. The van der Waals surface area contributed by atoms with E-state index in [2.05, 4.69) is 5.32 Å². The molecule has 0 unspecified atom stereocenters. The van der Waals surface area contributed by atoms with E-state index in [9.17, 15) is 31.2 Å². The molecule has 1 aliphatic rings. The summed E-state index contributed by atoms with van der Waals surface area (Å²) in [5, 5.41) is 2.07. The Kier molecular flexibility index (Phi) is 6.89. The Hall–Kier alpha value is -2.92. The van der Waals surface area contributed by atoms with Crippen LogP contribution in [0, 0.1) is 6.92 Å². The van der Waals surface area contributed by atoms with E-state index in [-0.39, 0.29) is 10.5 Å². The molecule has 0 aromatic heterocycles. The Morgan fingerprint density at radius 2 is 1.75 bits per heavy atom. The maximum Gasteiger partial charge on any atom is 0.418 e. The lowest BCUT2D eigenvalue weighted by atomic mass is 10.1. The molecule has 2 aromatic carbocycles. The van der Waals surface area contributed by atoms with Crippen molar-refractivity contribution in [3.8, 4) is 0 Å². The number of rotatable bonds is 6. The smallest absolute Gasteiger partial charge is 0.418 e.